The Kier molecular flexibility index (Phi) is 5.25. The van der Waals surface area contributed by atoms with Gasteiger partial charge in [0.1, 0.15) is 24.0 Å². The van der Waals surface area contributed by atoms with Gasteiger partial charge in [0, 0.05) is 6.07 Å². The van der Waals surface area contributed by atoms with Gasteiger partial charge in [0.2, 0.25) is 16.8 Å². The molecule has 0 fully saturated rings. The fourth-order valence-electron chi connectivity index (χ4n) is 2.14. The Morgan fingerprint density at radius 3 is 2.58 bits per heavy atom. The first-order chi connectivity index (χ1) is 12.5. The SMILES string of the molecule is O=S(=O)(NCC#CCOc1ccc2c(c1)OCO2)c1c(F)cccc1F. The molecule has 0 saturated heterocycles. The van der Waals surface area contributed by atoms with E-state index in [4.69, 9.17) is 14.2 Å². The summed E-state index contributed by atoms with van der Waals surface area (Å²) in [5.41, 5.74) is 0. The Morgan fingerprint density at radius 1 is 1.08 bits per heavy atom. The summed E-state index contributed by atoms with van der Waals surface area (Å²) in [4.78, 5) is -1.03. The maximum absolute atomic E-state index is 13.5. The van der Waals surface area contributed by atoms with Crippen LogP contribution in [-0.4, -0.2) is 28.4 Å². The lowest BCUT2D eigenvalue weighted by atomic mass is 10.3. The Bertz CT molecular complexity index is 962. The summed E-state index contributed by atoms with van der Waals surface area (Å²) in [5.74, 6) is 4.46. The van der Waals surface area contributed by atoms with Gasteiger partial charge in [0.05, 0.1) is 6.54 Å². The van der Waals surface area contributed by atoms with Gasteiger partial charge < -0.3 is 14.2 Å². The number of fused-ring (bicyclic) bond motifs is 1. The molecule has 1 aliphatic heterocycles. The van der Waals surface area contributed by atoms with Gasteiger partial charge in [-0.05, 0) is 24.3 Å². The summed E-state index contributed by atoms with van der Waals surface area (Å²) in [6.07, 6.45) is 0. The van der Waals surface area contributed by atoms with Crippen molar-refractivity contribution in [1.29, 1.82) is 0 Å². The normalized spacial score (nSPS) is 12.4. The molecule has 0 spiro atoms. The number of rotatable bonds is 5. The number of ether oxygens (including phenoxy) is 3. The summed E-state index contributed by atoms with van der Waals surface area (Å²) >= 11 is 0. The van der Waals surface area contributed by atoms with Gasteiger partial charge in [0.15, 0.2) is 16.4 Å². The van der Waals surface area contributed by atoms with Crippen molar-refractivity contribution in [3.05, 3.63) is 48.0 Å². The van der Waals surface area contributed by atoms with Crippen LogP contribution in [-0.2, 0) is 10.0 Å². The maximum atomic E-state index is 13.5. The standard InChI is InChI=1S/C17H13F2NO5S/c18-13-4-3-5-14(19)17(13)26(21,22)20-8-1-2-9-23-12-6-7-15-16(10-12)25-11-24-15/h3-7,10,20H,8-9,11H2. The van der Waals surface area contributed by atoms with Crippen molar-refractivity contribution in [2.75, 3.05) is 19.9 Å². The molecule has 0 aliphatic carbocycles. The van der Waals surface area contributed by atoms with Crippen molar-refractivity contribution in [2.24, 2.45) is 0 Å². The molecule has 0 unspecified atom stereocenters. The Morgan fingerprint density at radius 2 is 1.81 bits per heavy atom. The van der Waals surface area contributed by atoms with Crippen LogP contribution in [0.15, 0.2) is 41.3 Å². The number of halogens is 2. The number of benzene rings is 2. The molecule has 0 saturated carbocycles. The zero-order valence-corrected chi connectivity index (χ0v) is 14.1. The summed E-state index contributed by atoms with van der Waals surface area (Å²) in [5, 5.41) is 0. The van der Waals surface area contributed by atoms with E-state index in [0.29, 0.717) is 17.2 Å². The van der Waals surface area contributed by atoms with Crippen molar-refractivity contribution < 1.29 is 31.4 Å². The molecule has 9 heteroatoms. The first-order valence-corrected chi connectivity index (χ1v) is 8.87. The molecular weight excluding hydrogens is 368 g/mol. The molecule has 3 rings (SSSR count). The van der Waals surface area contributed by atoms with E-state index in [1.807, 2.05) is 4.72 Å². The Balaban J connectivity index is 1.52. The third-order valence-corrected chi connectivity index (χ3v) is 4.77. The molecule has 1 heterocycles. The van der Waals surface area contributed by atoms with Crippen molar-refractivity contribution >= 4 is 10.0 Å². The number of sulfonamides is 1. The van der Waals surface area contributed by atoms with Crippen LogP contribution in [0, 0.1) is 23.5 Å². The van der Waals surface area contributed by atoms with Crippen molar-refractivity contribution in [3.8, 4) is 29.1 Å². The largest absolute Gasteiger partial charge is 0.481 e. The second-order valence-electron chi connectivity index (χ2n) is 5.03. The highest BCUT2D eigenvalue weighted by Gasteiger charge is 2.22. The second kappa shape index (κ2) is 7.59. The monoisotopic (exact) mass is 381 g/mol. The minimum atomic E-state index is -4.34. The van der Waals surface area contributed by atoms with E-state index in [-0.39, 0.29) is 19.9 Å². The topological polar surface area (TPSA) is 73.9 Å². The fraction of sp³-hybridized carbons (Fsp3) is 0.176. The van der Waals surface area contributed by atoms with Gasteiger partial charge in [-0.3, -0.25) is 0 Å². The van der Waals surface area contributed by atoms with Crippen LogP contribution < -0.4 is 18.9 Å². The van der Waals surface area contributed by atoms with Crippen LogP contribution in [0.1, 0.15) is 0 Å². The van der Waals surface area contributed by atoms with Crippen molar-refractivity contribution in [3.63, 3.8) is 0 Å². The van der Waals surface area contributed by atoms with Crippen molar-refractivity contribution in [1.82, 2.24) is 4.72 Å². The number of nitrogens with one attached hydrogen (secondary N) is 1. The average Bonchev–Trinajstić information content (AvgIpc) is 3.05. The number of hydrogen-bond donors (Lipinski definition) is 1. The first-order valence-electron chi connectivity index (χ1n) is 7.39. The molecular formula is C17H13F2NO5S. The fourth-order valence-corrected chi connectivity index (χ4v) is 3.20. The Hall–Kier alpha value is -2.83. The van der Waals surface area contributed by atoms with Gasteiger partial charge in [-0.15, -0.1) is 0 Å². The summed E-state index contributed by atoms with van der Waals surface area (Å²) in [7, 11) is -4.34. The quantitative estimate of drug-likeness (QED) is 0.803. The molecule has 0 atom stereocenters. The second-order valence-corrected chi connectivity index (χ2v) is 6.74. The van der Waals surface area contributed by atoms with E-state index in [0.717, 1.165) is 18.2 Å². The molecule has 0 aromatic heterocycles. The van der Waals surface area contributed by atoms with Crippen LogP contribution in [0.3, 0.4) is 0 Å². The van der Waals surface area contributed by atoms with E-state index < -0.39 is 26.6 Å². The van der Waals surface area contributed by atoms with Gasteiger partial charge in [-0.2, -0.15) is 4.72 Å². The molecule has 1 N–H and O–H groups in total. The van der Waals surface area contributed by atoms with E-state index in [1.54, 1.807) is 18.2 Å². The van der Waals surface area contributed by atoms with Gasteiger partial charge >= 0.3 is 0 Å². The van der Waals surface area contributed by atoms with Gasteiger partial charge in [0.25, 0.3) is 0 Å². The van der Waals surface area contributed by atoms with Crippen molar-refractivity contribution in [2.45, 2.75) is 4.90 Å². The highest BCUT2D eigenvalue weighted by molar-refractivity contribution is 7.89. The summed E-state index contributed by atoms with van der Waals surface area (Å²) in [6, 6.07) is 7.83. The van der Waals surface area contributed by atoms with Crippen LogP contribution in [0.4, 0.5) is 8.78 Å². The highest BCUT2D eigenvalue weighted by Crippen LogP contribution is 2.34. The molecule has 2 aromatic rings. The van der Waals surface area contributed by atoms with Gasteiger partial charge in [-0.25, -0.2) is 17.2 Å². The third-order valence-electron chi connectivity index (χ3n) is 3.32. The van der Waals surface area contributed by atoms with Crippen LogP contribution in [0.25, 0.3) is 0 Å². The average molecular weight is 381 g/mol. The van der Waals surface area contributed by atoms with Crippen LogP contribution in [0.2, 0.25) is 0 Å². The lowest BCUT2D eigenvalue weighted by Gasteiger charge is -2.06. The lowest BCUT2D eigenvalue weighted by molar-refractivity contribution is 0.174. The van der Waals surface area contributed by atoms with Crippen LogP contribution >= 0.6 is 0 Å². The summed E-state index contributed by atoms with van der Waals surface area (Å²) < 4.78 is 68.7. The molecule has 2 aromatic carbocycles. The summed E-state index contributed by atoms with van der Waals surface area (Å²) in [6.45, 7) is -0.169. The predicted octanol–water partition coefficient (Wildman–Crippen LogP) is 2.05. The maximum Gasteiger partial charge on any atom is 0.247 e. The molecule has 26 heavy (non-hydrogen) atoms. The molecule has 6 nitrogen and oxygen atoms in total. The van der Waals surface area contributed by atoms with E-state index in [9.17, 15) is 17.2 Å². The lowest BCUT2D eigenvalue weighted by Crippen LogP contribution is -2.26. The molecule has 0 radical (unpaired) electrons. The molecule has 0 bridgehead atoms. The Labute approximate surface area is 148 Å². The smallest absolute Gasteiger partial charge is 0.247 e. The predicted molar refractivity (Wildman–Crippen MR) is 87.4 cm³/mol. The molecule has 0 amide bonds. The van der Waals surface area contributed by atoms with Gasteiger partial charge in [-0.1, -0.05) is 17.9 Å². The third kappa shape index (κ3) is 4.04. The molecule has 1 aliphatic rings. The zero-order chi connectivity index (χ0) is 18.6. The number of hydrogen-bond acceptors (Lipinski definition) is 5. The highest BCUT2D eigenvalue weighted by atomic mass is 32.2. The van der Waals surface area contributed by atoms with E-state index in [1.165, 1.54) is 0 Å². The van der Waals surface area contributed by atoms with Crippen LogP contribution in [0.5, 0.6) is 17.2 Å². The van der Waals surface area contributed by atoms with E-state index in [2.05, 4.69) is 11.8 Å². The minimum absolute atomic E-state index is 0.00453. The zero-order valence-electron chi connectivity index (χ0n) is 13.3. The first kappa shape index (κ1) is 18.0. The molecule has 136 valence electrons. The van der Waals surface area contributed by atoms with E-state index >= 15 is 0 Å². The minimum Gasteiger partial charge on any atom is -0.481 e.